The van der Waals surface area contributed by atoms with Crippen LogP contribution in [0.25, 0.3) is 0 Å². The van der Waals surface area contributed by atoms with E-state index >= 15 is 0 Å². The van der Waals surface area contributed by atoms with Gasteiger partial charge in [0.15, 0.2) is 12.6 Å². The van der Waals surface area contributed by atoms with Crippen molar-refractivity contribution in [3.05, 3.63) is 0 Å². The molecule has 0 radical (unpaired) electrons. The minimum atomic E-state index is -1.01. The van der Waals surface area contributed by atoms with Crippen LogP contribution < -0.4 is 5.73 Å². The lowest BCUT2D eigenvalue weighted by molar-refractivity contribution is -0.444. The summed E-state index contributed by atoms with van der Waals surface area (Å²) < 4.78 is 18.1. The average Bonchev–Trinajstić information content (AvgIpc) is 2.69. The van der Waals surface area contributed by atoms with E-state index < -0.39 is 12.1 Å². The highest BCUT2D eigenvalue weighted by atomic mass is 17.1. The summed E-state index contributed by atoms with van der Waals surface area (Å²) in [6, 6.07) is 0. The molecule has 23 heavy (non-hydrogen) atoms. The maximum Gasteiger partial charge on any atom is 0.201 e. The molecule has 6 heteroatoms. The van der Waals surface area contributed by atoms with E-state index in [1.807, 2.05) is 0 Å². The molecule has 0 aromatic heterocycles. The van der Waals surface area contributed by atoms with Crippen molar-refractivity contribution >= 4 is 0 Å². The Bertz CT molecular complexity index is 408. The van der Waals surface area contributed by atoms with Crippen LogP contribution in [0.5, 0.6) is 0 Å². The molecule has 0 amide bonds. The molecule has 2 saturated heterocycles. The molecule has 0 aromatic rings. The monoisotopic (exact) mass is 329 g/mol. The van der Waals surface area contributed by atoms with Crippen molar-refractivity contribution in [2.24, 2.45) is 35.3 Å². The summed E-state index contributed by atoms with van der Waals surface area (Å²) in [5.41, 5.74) is 5.57. The van der Waals surface area contributed by atoms with Gasteiger partial charge in [-0.1, -0.05) is 20.3 Å². The second-order valence-corrected chi connectivity index (χ2v) is 7.73. The molecule has 6 nitrogen and oxygen atoms in total. The fourth-order valence-electron chi connectivity index (χ4n) is 4.88. The molecule has 2 aliphatic heterocycles. The summed E-state index contributed by atoms with van der Waals surface area (Å²) in [5, 5.41) is 9.30. The van der Waals surface area contributed by atoms with Crippen LogP contribution in [0.1, 0.15) is 46.5 Å². The van der Waals surface area contributed by atoms with Crippen molar-refractivity contribution in [1.82, 2.24) is 0 Å². The first-order valence-corrected chi connectivity index (χ1v) is 8.96. The highest BCUT2D eigenvalue weighted by Gasteiger charge is 2.54. The lowest BCUT2D eigenvalue weighted by Crippen LogP contribution is -2.54. The van der Waals surface area contributed by atoms with Gasteiger partial charge in [-0.15, -0.1) is 0 Å². The molecule has 3 N–H and O–H groups in total. The second-order valence-electron chi connectivity index (χ2n) is 7.73. The zero-order chi connectivity index (χ0) is 16.6. The third-order valence-corrected chi connectivity index (χ3v) is 6.25. The molecule has 0 bridgehead atoms. The molecule has 3 rings (SSSR count). The molecular weight excluding hydrogens is 298 g/mol. The zero-order valence-electron chi connectivity index (χ0n) is 14.4. The summed E-state index contributed by atoms with van der Waals surface area (Å²) in [5.74, 6) is 1.34. The Balaban J connectivity index is 1.86. The SMILES string of the molecule is C[C@@H]1CCC2C3C1CC[C@@](C)(OO)O[C@@H]3O[C@H](OCCN)[C@@H]2C. The maximum atomic E-state index is 9.30. The third kappa shape index (κ3) is 3.30. The van der Waals surface area contributed by atoms with Gasteiger partial charge in [-0.05, 0) is 37.5 Å². The summed E-state index contributed by atoms with van der Waals surface area (Å²) in [7, 11) is 0. The first kappa shape index (κ1) is 17.6. The van der Waals surface area contributed by atoms with Gasteiger partial charge < -0.3 is 19.9 Å². The van der Waals surface area contributed by atoms with Gasteiger partial charge in [0.1, 0.15) is 0 Å². The van der Waals surface area contributed by atoms with Crippen LogP contribution in [-0.4, -0.2) is 36.8 Å². The Hall–Kier alpha value is -0.240. The fourth-order valence-corrected chi connectivity index (χ4v) is 4.88. The normalized spacial score (nSPS) is 50.2. The summed E-state index contributed by atoms with van der Waals surface area (Å²) in [6.07, 6.45) is 3.35. The van der Waals surface area contributed by atoms with E-state index in [1.165, 1.54) is 12.8 Å². The minimum Gasteiger partial charge on any atom is -0.351 e. The molecule has 3 fully saturated rings. The Morgan fingerprint density at radius 2 is 2.00 bits per heavy atom. The van der Waals surface area contributed by atoms with Crippen molar-refractivity contribution in [2.75, 3.05) is 13.2 Å². The Kier molecular flexibility index (Phi) is 5.30. The summed E-state index contributed by atoms with van der Waals surface area (Å²) >= 11 is 0. The zero-order valence-corrected chi connectivity index (χ0v) is 14.4. The molecule has 1 aliphatic carbocycles. The largest absolute Gasteiger partial charge is 0.351 e. The Morgan fingerprint density at radius 3 is 2.70 bits per heavy atom. The van der Waals surface area contributed by atoms with Crippen molar-refractivity contribution in [3.8, 4) is 0 Å². The molecule has 1 saturated carbocycles. The smallest absolute Gasteiger partial charge is 0.201 e. The highest BCUT2D eigenvalue weighted by Crippen LogP contribution is 2.53. The second kappa shape index (κ2) is 6.94. The van der Waals surface area contributed by atoms with Gasteiger partial charge in [0, 0.05) is 24.8 Å². The van der Waals surface area contributed by atoms with Gasteiger partial charge in [-0.3, -0.25) is 0 Å². The van der Waals surface area contributed by atoms with Crippen LogP contribution in [0.3, 0.4) is 0 Å². The lowest BCUT2D eigenvalue weighted by Gasteiger charge is -2.52. The van der Waals surface area contributed by atoms with Crippen molar-refractivity contribution < 1.29 is 24.4 Å². The van der Waals surface area contributed by atoms with E-state index in [2.05, 4.69) is 18.7 Å². The molecule has 3 aliphatic rings. The molecule has 3 unspecified atom stereocenters. The quantitative estimate of drug-likeness (QED) is 0.609. The number of nitrogens with two attached hydrogens (primary N) is 1. The van der Waals surface area contributed by atoms with E-state index in [4.69, 9.17) is 19.9 Å². The topological polar surface area (TPSA) is 83.2 Å². The number of hydrogen-bond donors (Lipinski definition) is 2. The standard InChI is InChI=1S/C17H31NO5/c1-10-4-5-13-11(2)15(20-9-8-18)21-16-14(13)12(10)6-7-17(3,22-16)23-19/h10-16,19H,4-9,18H2,1-3H3/t10-,11-,12?,13?,14?,15+,16+,17-/m1/s1. The molecular formula is C17H31NO5. The van der Waals surface area contributed by atoms with Crippen LogP contribution in [0.15, 0.2) is 0 Å². The lowest BCUT2D eigenvalue weighted by atomic mass is 9.61. The van der Waals surface area contributed by atoms with Gasteiger partial charge in [-0.2, -0.15) is 0 Å². The molecule has 0 spiro atoms. The van der Waals surface area contributed by atoms with Crippen LogP contribution in [0.2, 0.25) is 0 Å². The predicted molar refractivity (Wildman–Crippen MR) is 84.1 cm³/mol. The Labute approximate surface area is 138 Å². The van der Waals surface area contributed by atoms with Crippen LogP contribution in [0.4, 0.5) is 0 Å². The van der Waals surface area contributed by atoms with Gasteiger partial charge >= 0.3 is 0 Å². The molecule has 8 atom stereocenters. The number of ether oxygens (including phenoxy) is 3. The van der Waals surface area contributed by atoms with Crippen molar-refractivity contribution in [3.63, 3.8) is 0 Å². The summed E-state index contributed by atoms with van der Waals surface area (Å²) in [4.78, 5) is 4.67. The van der Waals surface area contributed by atoms with Gasteiger partial charge in [-0.25, -0.2) is 10.1 Å². The summed E-state index contributed by atoms with van der Waals surface area (Å²) in [6.45, 7) is 7.26. The van der Waals surface area contributed by atoms with Gasteiger partial charge in [0.05, 0.1) is 6.61 Å². The molecule has 2 heterocycles. The highest BCUT2D eigenvalue weighted by molar-refractivity contribution is 4.96. The van der Waals surface area contributed by atoms with E-state index in [9.17, 15) is 5.26 Å². The molecule has 134 valence electrons. The first-order chi connectivity index (χ1) is 11.0. The maximum absolute atomic E-state index is 9.30. The van der Waals surface area contributed by atoms with E-state index in [-0.39, 0.29) is 6.29 Å². The van der Waals surface area contributed by atoms with E-state index in [0.717, 1.165) is 6.42 Å². The van der Waals surface area contributed by atoms with E-state index in [1.54, 1.807) is 6.92 Å². The van der Waals surface area contributed by atoms with Gasteiger partial charge in [0.25, 0.3) is 0 Å². The predicted octanol–water partition coefficient (Wildman–Crippen LogP) is 2.57. The fraction of sp³-hybridized carbons (Fsp3) is 1.00. The van der Waals surface area contributed by atoms with E-state index in [0.29, 0.717) is 49.2 Å². The molecule has 0 aromatic carbocycles. The third-order valence-electron chi connectivity index (χ3n) is 6.25. The minimum absolute atomic E-state index is 0.306. The van der Waals surface area contributed by atoms with Crippen molar-refractivity contribution in [1.29, 1.82) is 0 Å². The van der Waals surface area contributed by atoms with Crippen LogP contribution in [0, 0.1) is 29.6 Å². The van der Waals surface area contributed by atoms with Gasteiger partial charge in [0.2, 0.25) is 5.79 Å². The van der Waals surface area contributed by atoms with Crippen LogP contribution in [-0.2, 0) is 19.1 Å². The van der Waals surface area contributed by atoms with Crippen molar-refractivity contribution in [2.45, 2.75) is 64.8 Å². The first-order valence-electron chi connectivity index (χ1n) is 8.96. The average molecular weight is 329 g/mol. The number of hydrogen-bond acceptors (Lipinski definition) is 6. The Morgan fingerprint density at radius 1 is 1.22 bits per heavy atom. The number of rotatable bonds is 4. The van der Waals surface area contributed by atoms with Crippen LogP contribution >= 0.6 is 0 Å².